The molecule has 0 aliphatic heterocycles. The molecule has 1 heteroatoms. The Morgan fingerprint density at radius 1 is 1.07 bits per heavy atom. The third-order valence-corrected chi connectivity index (χ3v) is 3.31. The highest BCUT2D eigenvalue weighted by Crippen LogP contribution is 2.30. The Hall–Kier alpha value is -0.0400. The zero-order valence-corrected chi connectivity index (χ0v) is 10.8. The summed E-state index contributed by atoms with van der Waals surface area (Å²) in [6, 6.07) is 0. The summed E-state index contributed by atoms with van der Waals surface area (Å²) in [4.78, 5) is 0. The largest absolute Gasteiger partial charge is 0.393 e. The molecule has 0 saturated carbocycles. The first kappa shape index (κ1) is 14.0. The van der Waals surface area contributed by atoms with Crippen molar-refractivity contribution in [2.45, 2.75) is 66.9 Å². The molecular weight excluding hydrogens is 172 g/mol. The molecule has 0 saturated heterocycles. The van der Waals surface area contributed by atoms with Gasteiger partial charge in [-0.1, -0.05) is 41.5 Å². The standard InChI is InChI=1S/C13H28O/c1-7-13(5,6)12(14)9-11(4)8-10(2)3/h10-12,14H,7-9H2,1-6H3. The molecule has 0 aliphatic rings. The van der Waals surface area contributed by atoms with Crippen LogP contribution in [0.2, 0.25) is 0 Å². The minimum atomic E-state index is -0.152. The van der Waals surface area contributed by atoms with Gasteiger partial charge in [0.25, 0.3) is 0 Å². The maximum atomic E-state index is 10.1. The smallest absolute Gasteiger partial charge is 0.0593 e. The van der Waals surface area contributed by atoms with Gasteiger partial charge in [0.2, 0.25) is 0 Å². The molecule has 0 spiro atoms. The first-order valence-corrected chi connectivity index (χ1v) is 5.97. The fraction of sp³-hybridized carbons (Fsp3) is 1.00. The van der Waals surface area contributed by atoms with Gasteiger partial charge in [0.15, 0.2) is 0 Å². The molecule has 0 heterocycles. The van der Waals surface area contributed by atoms with Crippen LogP contribution in [0.4, 0.5) is 0 Å². The van der Waals surface area contributed by atoms with Crippen molar-refractivity contribution >= 4 is 0 Å². The van der Waals surface area contributed by atoms with E-state index in [0.717, 1.165) is 18.8 Å². The highest BCUT2D eigenvalue weighted by Gasteiger charge is 2.27. The van der Waals surface area contributed by atoms with E-state index in [2.05, 4.69) is 41.5 Å². The van der Waals surface area contributed by atoms with Crippen LogP contribution in [0.25, 0.3) is 0 Å². The van der Waals surface area contributed by atoms with Gasteiger partial charge in [-0.2, -0.15) is 0 Å². The van der Waals surface area contributed by atoms with Gasteiger partial charge in [0, 0.05) is 0 Å². The molecule has 1 nitrogen and oxygen atoms in total. The van der Waals surface area contributed by atoms with E-state index in [9.17, 15) is 5.11 Å². The summed E-state index contributed by atoms with van der Waals surface area (Å²) in [5, 5.41) is 10.1. The van der Waals surface area contributed by atoms with Crippen molar-refractivity contribution in [1.82, 2.24) is 0 Å². The van der Waals surface area contributed by atoms with Crippen LogP contribution in [0, 0.1) is 17.3 Å². The molecule has 0 aliphatic carbocycles. The average Bonchev–Trinajstić information content (AvgIpc) is 2.02. The second-order valence-corrected chi connectivity index (χ2v) is 5.83. The third kappa shape index (κ3) is 4.99. The zero-order valence-electron chi connectivity index (χ0n) is 10.8. The van der Waals surface area contributed by atoms with Gasteiger partial charge in [-0.25, -0.2) is 0 Å². The third-order valence-electron chi connectivity index (χ3n) is 3.31. The summed E-state index contributed by atoms with van der Waals surface area (Å²) in [7, 11) is 0. The number of aliphatic hydroxyl groups is 1. The molecule has 0 radical (unpaired) electrons. The molecule has 1 N–H and O–H groups in total. The Morgan fingerprint density at radius 3 is 1.93 bits per heavy atom. The fourth-order valence-corrected chi connectivity index (χ4v) is 1.84. The van der Waals surface area contributed by atoms with Gasteiger partial charge in [0.05, 0.1) is 6.10 Å². The second kappa shape index (κ2) is 5.75. The van der Waals surface area contributed by atoms with Crippen molar-refractivity contribution in [3.05, 3.63) is 0 Å². The summed E-state index contributed by atoms with van der Waals surface area (Å²) in [5.74, 6) is 1.37. The van der Waals surface area contributed by atoms with E-state index in [1.54, 1.807) is 0 Å². The van der Waals surface area contributed by atoms with E-state index in [-0.39, 0.29) is 11.5 Å². The van der Waals surface area contributed by atoms with Crippen LogP contribution >= 0.6 is 0 Å². The van der Waals surface area contributed by atoms with Crippen molar-refractivity contribution in [2.75, 3.05) is 0 Å². The Morgan fingerprint density at radius 2 is 1.57 bits per heavy atom. The van der Waals surface area contributed by atoms with E-state index in [1.807, 2.05) is 0 Å². The maximum Gasteiger partial charge on any atom is 0.0593 e. The first-order valence-electron chi connectivity index (χ1n) is 5.97. The SMILES string of the molecule is CCC(C)(C)C(O)CC(C)CC(C)C. The van der Waals surface area contributed by atoms with Crippen LogP contribution in [0.15, 0.2) is 0 Å². The van der Waals surface area contributed by atoms with Crippen LogP contribution in [-0.4, -0.2) is 11.2 Å². The molecule has 0 amide bonds. The Balaban J connectivity index is 3.99. The molecular formula is C13H28O. The van der Waals surface area contributed by atoms with E-state index in [1.165, 1.54) is 6.42 Å². The molecule has 86 valence electrons. The monoisotopic (exact) mass is 200 g/mol. The van der Waals surface area contributed by atoms with Gasteiger partial charge in [0.1, 0.15) is 0 Å². The van der Waals surface area contributed by atoms with Crippen LogP contribution < -0.4 is 0 Å². The molecule has 0 aromatic carbocycles. The fourth-order valence-electron chi connectivity index (χ4n) is 1.84. The summed E-state index contributed by atoms with van der Waals surface area (Å²) in [5.41, 5.74) is 0.0746. The molecule has 0 aromatic rings. The number of hydrogen-bond donors (Lipinski definition) is 1. The van der Waals surface area contributed by atoms with Crippen molar-refractivity contribution in [3.63, 3.8) is 0 Å². The lowest BCUT2D eigenvalue weighted by Crippen LogP contribution is -2.30. The summed E-state index contributed by atoms with van der Waals surface area (Å²) >= 11 is 0. The highest BCUT2D eigenvalue weighted by atomic mass is 16.3. The second-order valence-electron chi connectivity index (χ2n) is 5.83. The number of hydrogen-bond acceptors (Lipinski definition) is 1. The first-order chi connectivity index (χ1) is 6.29. The predicted molar refractivity (Wildman–Crippen MR) is 63.3 cm³/mol. The minimum absolute atomic E-state index is 0.0746. The Labute approximate surface area is 89.9 Å². The molecule has 0 bridgehead atoms. The molecule has 2 atom stereocenters. The lowest BCUT2D eigenvalue weighted by Gasteiger charge is -2.31. The van der Waals surface area contributed by atoms with Crippen LogP contribution in [0.5, 0.6) is 0 Å². The summed E-state index contributed by atoms with van der Waals surface area (Å²) in [6.07, 6.45) is 3.06. The van der Waals surface area contributed by atoms with E-state index < -0.39 is 0 Å². The van der Waals surface area contributed by atoms with Crippen molar-refractivity contribution < 1.29 is 5.11 Å². The lowest BCUT2D eigenvalue weighted by molar-refractivity contribution is 0.0268. The summed E-state index contributed by atoms with van der Waals surface area (Å²) in [6.45, 7) is 13.2. The quantitative estimate of drug-likeness (QED) is 0.690. The highest BCUT2D eigenvalue weighted by molar-refractivity contribution is 4.78. The predicted octanol–water partition coefficient (Wildman–Crippen LogP) is 3.86. The van der Waals surface area contributed by atoms with Gasteiger partial charge >= 0.3 is 0 Å². The zero-order chi connectivity index (χ0) is 11.4. The molecule has 0 aromatic heterocycles. The lowest BCUT2D eigenvalue weighted by atomic mass is 9.79. The molecule has 0 rings (SSSR count). The molecule has 14 heavy (non-hydrogen) atoms. The van der Waals surface area contributed by atoms with Crippen molar-refractivity contribution in [3.8, 4) is 0 Å². The summed E-state index contributed by atoms with van der Waals surface area (Å²) < 4.78 is 0. The maximum absolute atomic E-state index is 10.1. The van der Waals surface area contributed by atoms with Crippen molar-refractivity contribution in [1.29, 1.82) is 0 Å². The molecule has 0 fully saturated rings. The molecule has 2 unspecified atom stereocenters. The normalized spacial score (nSPS) is 17.1. The van der Waals surface area contributed by atoms with E-state index in [4.69, 9.17) is 0 Å². The topological polar surface area (TPSA) is 20.2 Å². The average molecular weight is 200 g/mol. The van der Waals surface area contributed by atoms with Gasteiger partial charge in [-0.05, 0) is 36.5 Å². The van der Waals surface area contributed by atoms with Crippen LogP contribution in [0.1, 0.15) is 60.8 Å². The number of rotatable bonds is 6. The van der Waals surface area contributed by atoms with E-state index in [0.29, 0.717) is 5.92 Å². The Bertz CT molecular complexity index is 149. The minimum Gasteiger partial charge on any atom is -0.393 e. The van der Waals surface area contributed by atoms with Crippen molar-refractivity contribution in [2.24, 2.45) is 17.3 Å². The Kier molecular flexibility index (Phi) is 5.73. The van der Waals surface area contributed by atoms with Crippen LogP contribution in [0.3, 0.4) is 0 Å². The number of aliphatic hydroxyl groups excluding tert-OH is 1. The van der Waals surface area contributed by atoms with Gasteiger partial charge in [-0.3, -0.25) is 0 Å². The van der Waals surface area contributed by atoms with Gasteiger partial charge < -0.3 is 5.11 Å². The van der Waals surface area contributed by atoms with Crippen LogP contribution in [-0.2, 0) is 0 Å². The van der Waals surface area contributed by atoms with Gasteiger partial charge in [-0.15, -0.1) is 0 Å². The van der Waals surface area contributed by atoms with E-state index >= 15 is 0 Å².